The predicted octanol–water partition coefficient (Wildman–Crippen LogP) is 1.13. The average molecular weight is 381 g/mol. The molecule has 23 heavy (non-hydrogen) atoms. The van der Waals surface area contributed by atoms with Gasteiger partial charge in [0, 0.05) is 29.1 Å². The van der Waals surface area contributed by atoms with Gasteiger partial charge in [0.05, 0.1) is 0 Å². The van der Waals surface area contributed by atoms with Crippen LogP contribution in [0.1, 0.15) is 24.2 Å². The molecule has 2 amide bonds. The Labute approximate surface area is 141 Å². The van der Waals surface area contributed by atoms with E-state index in [0.29, 0.717) is 28.6 Å². The SMILES string of the molecule is CCN(CC)C(=O)Cn1c(=O)c(C(N)=O)cc2cc(Br)cnc21. The number of carbonyl (C=O) groups excluding carboxylic acids is 2. The minimum absolute atomic E-state index is 0.162. The van der Waals surface area contributed by atoms with E-state index in [4.69, 9.17) is 5.73 Å². The van der Waals surface area contributed by atoms with Crippen molar-refractivity contribution in [2.24, 2.45) is 5.73 Å². The third-order valence-electron chi connectivity index (χ3n) is 3.57. The van der Waals surface area contributed by atoms with Gasteiger partial charge in [0.25, 0.3) is 11.5 Å². The molecule has 0 aliphatic heterocycles. The van der Waals surface area contributed by atoms with Crippen LogP contribution < -0.4 is 11.3 Å². The molecule has 0 bridgehead atoms. The maximum Gasteiger partial charge on any atom is 0.265 e. The molecule has 0 atom stereocenters. The summed E-state index contributed by atoms with van der Waals surface area (Å²) in [6.07, 6.45) is 1.53. The lowest BCUT2D eigenvalue weighted by atomic mass is 10.2. The molecular formula is C15H17BrN4O3. The van der Waals surface area contributed by atoms with E-state index in [-0.39, 0.29) is 18.0 Å². The Hall–Kier alpha value is -2.22. The van der Waals surface area contributed by atoms with E-state index in [2.05, 4.69) is 20.9 Å². The van der Waals surface area contributed by atoms with Gasteiger partial charge in [-0.1, -0.05) is 0 Å². The van der Waals surface area contributed by atoms with Crippen molar-refractivity contribution in [2.75, 3.05) is 13.1 Å². The molecule has 0 aliphatic carbocycles. The van der Waals surface area contributed by atoms with Crippen LogP contribution >= 0.6 is 15.9 Å². The van der Waals surface area contributed by atoms with Gasteiger partial charge in [-0.3, -0.25) is 19.0 Å². The van der Waals surface area contributed by atoms with Crippen molar-refractivity contribution in [3.63, 3.8) is 0 Å². The van der Waals surface area contributed by atoms with E-state index in [1.165, 1.54) is 16.8 Å². The molecule has 2 heterocycles. The number of pyridine rings is 2. The lowest BCUT2D eigenvalue weighted by Gasteiger charge is -2.20. The molecule has 2 aromatic heterocycles. The Bertz CT molecular complexity index is 827. The van der Waals surface area contributed by atoms with Crippen LogP contribution in [-0.4, -0.2) is 39.4 Å². The molecule has 0 fully saturated rings. The fourth-order valence-corrected chi connectivity index (χ4v) is 2.72. The molecule has 0 saturated heterocycles. The standard InChI is InChI=1S/C15H17BrN4O3/c1-3-19(4-2)12(21)8-20-14-9(5-10(16)7-18-14)6-11(13(17)22)15(20)23/h5-7H,3-4,8H2,1-2H3,(H2,17,22). The predicted molar refractivity (Wildman–Crippen MR) is 90.1 cm³/mol. The lowest BCUT2D eigenvalue weighted by Crippen LogP contribution is -2.38. The Morgan fingerprint density at radius 3 is 2.52 bits per heavy atom. The van der Waals surface area contributed by atoms with Gasteiger partial charge in [0.15, 0.2) is 0 Å². The lowest BCUT2D eigenvalue weighted by molar-refractivity contribution is -0.131. The average Bonchev–Trinajstić information content (AvgIpc) is 2.50. The first-order valence-electron chi connectivity index (χ1n) is 7.15. The summed E-state index contributed by atoms with van der Waals surface area (Å²) < 4.78 is 1.89. The number of nitrogens with zero attached hydrogens (tertiary/aromatic N) is 3. The summed E-state index contributed by atoms with van der Waals surface area (Å²) in [6, 6.07) is 3.11. The third kappa shape index (κ3) is 3.42. The van der Waals surface area contributed by atoms with E-state index in [0.717, 1.165) is 0 Å². The van der Waals surface area contributed by atoms with Gasteiger partial charge < -0.3 is 10.6 Å². The minimum atomic E-state index is -0.832. The number of hydrogen-bond donors (Lipinski definition) is 1. The Morgan fingerprint density at radius 2 is 1.96 bits per heavy atom. The van der Waals surface area contributed by atoms with Crippen molar-refractivity contribution in [1.82, 2.24) is 14.5 Å². The van der Waals surface area contributed by atoms with Gasteiger partial charge >= 0.3 is 0 Å². The maximum absolute atomic E-state index is 12.5. The second-order valence-corrected chi connectivity index (χ2v) is 5.86. The number of aromatic nitrogens is 2. The second kappa shape index (κ2) is 6.91. The zero-order valence-corrected chi connectivity index (χ0v) is 14.5. The summed E-state index contributed by atoms with van der Waals surface area (Å²) in [7, 11) is 0. The number of amides is 2. The number of fused-ring (bicyclic) bond motifs is 1. The topological polar surface area (TPSA) is 98.3 Å². The molecule has 0 radical (unpaired) electrons. The summed E-state index contributed by atoms with van der Waals surface area (Å²) in [5.74, 6) is -1.05. The van der Waals surface area contributed by atoms with E-state index < -0.39 is 11.5 Å². The zero-order valence-electron chi connectivity index (χ0n) is 12.9. The summed E-state index contributed by atoms with van der Waals surface area (Å²) in [5, 5.41) is 0.556. The first kappa shape index (κ1) is 17.1. The summed E-state index contributed by atoms with van der Waals surface area (Å²) >= 11 is 3.29. The van der Waals surface area contributed by atoms with E-state index in [1.807, 2.05) is 13.8 Å². The first-order valence-corrected chi connectivity index (χ1v) is 7.95. The molecule has 7 nitrogen and oxygen atoms in total. The van der Waals surface area contributed by atoms with Gasteiger partial charge in [-0.2, -0.15) is 0 Å². The van der Waals surface area contributed by atoms with Crippen LogP contribution in [0.4, 0.5) is 0 Å². The zero-order chi connectivity index (χ0) is 17.1. The molecule has 2 rings (SSSR count). The van der Waals surface area contributed by atoms with Gasteiger partial charge in [0.2, 0.25) is 5.91 Å². The number of halogens is 1. The minimum Gasteiger partial charge on any atom is -0.365 e. The van der Waals surface area contributed by atoms with E-state index >= 15 is 0 Å². The number of hydrogen-bond acceptors (Lipinski definition) is 4. The highest BCUT2D eigenvalue weighted by atomic mass is 79.9. The summed E-state index contributed by atoms with van der Waals surface area (Å²) in [6.45, 7) is 4.61. The molecule has 2 aromatic rings. The second-order valence-electron chi connectivity index (χ2n) is 4.95. The first-order chi connectivity index (χ1) is 10.9. The Morgan fingerprint density at radius 1 is 1.30 bits per heavy atom. The molecule has 122 valence electrons. The number of primary amides is 1. The fourth-order valence-electron chi connectivity index (χ4n) is 2.37. The quantitative estimate of drug-likeness (QED) is 0.839. The maximum atomic E-state index is 12.5. The van der Waals surface area contributed by atoms with Crippen molar-refractivity contribution >= 4 is 38.8 Å². The van der Waals surface area contributed by atoms with Gasteiger partial charge in [0.1, 0.15) is 17.8 Å². The van der Waals surface area contributed by atoms with Crippen LogP contribution in [0.25, 0.3) is 11.0 Å². The highest BCUT2D eigenvalue weighted by Crippen LogP contribution is 2.17. The molecule has 0 aliphatic rings. The molecule has 0 unspecified atom stereocenters. The van der Waals surface area contributed by atoms with Crippen molar-refractivity contribution < 1.29 is 9.59 Å². The van der Waals surface area contributed by atoms with Crippen molar-refractivity contribution in [2.45, 2.75) is 20.4 Å². The number of nitrogens with two attached hydrogens (primary N) is 1. The number of likely N-dealkylation sites (N-methyl/N-ethyl adjacent to an activating group) is 1. The molecule has 0 saturated carbocycles. The largest absolute Gasteiger partial charge is 0.365 e. The summed E-state index contributed by atoms with van der Waals surface area (Å²) in [5.41, 5.74) is 4.84. The van der Waals surface area contributed by atoms with E-state index in [1.54, 1.807) is 11.0 Å². The molecule has 2 N–H and O–H groups in total. The van der Waals surface area contributed by atoms with Crippen molar-refractivity contribution in [3.8, 4) is 0 Å². The molecular weight excluding hydrogens is 364 g/mol. The van der Waals surface area contributed by atoms with Gasteiger partial charge in [-0.05, 0) is 41.9 Å². The number of carbonyl (C=O) groups is 2. The van der Waals surface area contributed by atoms with Crippen LogP contribution in [0.15, 0.2) is 27.6 Å². The normalized spacial score (nSPS) is 10.7. The van der Waals surface area contributed by atoms with Gasteiger partial charge in [-0.15, -0.1) is 0 Å². The summed E-state index contributed by atoms with van der Waals surface area (Å²) in [4.78, 5) is 42.1. The van der Waals surface area contributed by atoms with Gasteiger partial charge in [-0.25, -0.2) is 4.98 Å². The Balaban J connectivity index is 2.65. The van der Waals surface area contributed by atoms with Crippen LogP contribution in [0, 0.1) is 0 Å². The highest BCUT2D eigenvalue weighted by molar-refractivity contribution is 9.10. The molecule has 0 spiro atoms. The molecule has 8 heteroatoms. The van der Waals surface area contributed by atoms with Crippen molar-refractivity contribution in [1.29, 1.82) is 0 Å². The highest BCUT2D eigenvalue weighted by Gasteiger charge is 2.18. The van der Waals surface area contributed by atoms with Crippen LogP contribution in [0.2, 0.25) is 0 Å². The monoisotopic (exact) mass is 380 g/mol. The fraction of sp³-hybridized carbons (Fsp3) is 0.333. The number of rotatable bonds is 5. The molecule has 0 aromatic carbocycles. The van der Waals surface area contributed by atoms with Crippen molar-refractivity contribution in [3.05, 3.63) is 38.7 Å². The Kier molecular flexibility index (Phi) is 5.15. The van der Waals surface area contributed by atoms with E-state index in [9.17, 15) is 14.4 Å². The smallest absolute Gasteiger partial charge is 0.265 e. The van der Waals surface area contributed by atoms with Crippen LogP contribution in [0.5, 0.6) is 0 Å². The third-order valence-corrected chi connectivity index (χ3v) is 4.00. The van der Waals surface area contributed by atoms with Crippen LogP contribution in [-0.2, 0) is 11.3 Å². The van der Waals surface area contributed by atoms with Crippen LogP contribution in [0.3, 0.4) is 0 Å².